The minimum Gasteiger partial charge on any atom is -0.394 e. The third-order valence-corrected chi connectivity index (χ3v) is 3.19. The highest BCUT2D eigenvalue weighted by molar-refractivity contribution is 6.28. The molecule has 0 radical (unpaired) electrons. The van der Waals surface area contributed by atoms with Gasteiger partial charge in [-0.2, -0.15) is 9.97 Å². The Bertz CT molecular complexity index is 587. The van der Waals surface area contributed by atoms with Gasteiger partial charge in [0.1, 0.15) is 11.7 Å². The molecule has 1 aliphatic rings. The number of imidazole rings is 1. The Labute approximate surface area is 108 Å². The molecule has 1 unspecified atom stereocenters. The highest BCUT2D eigenvalue weighted by Gasteiger charge is 2.27. The molecule has 2 aromatic rings. The second-order valence-corrected chi connectivity index (χ2v) is 4.51. The van der Waals surface area contributed by atoms with E-state index in [9.17, 15) is 0 Å². The molecule has 3 heterocycles. The second-order valence-electron chi connectivity index (χ2n) is 4.17. The molecule has 1 fully saturated rings. The van der Waals surface area contributed by atoms with Crippen LogP contribution < -0.4 is 5.73 Å². The number of nitrogens with zero attached hydrogens (tertiary/aromatic N) is 4. The number of hydrogen-bond donors (Lipinski definition) is 2. The topological polar surface area (TPSA) is 99.1 Å². The molecule has 1 aliphatic heterocycles. The maximum absolute atomic E-state index is 9.07. The number of aliphatic hydroxyl groups excluding tert-OH is 1. The van der Waals surface area contributed by atoms with Crippen molar-refractivity contribution < 1.29 is 9.84 Å². The fraction of sp³-hybridized carbons (Fsp3) is 0.500. The van der Waals surface area contributed by atoms with Crippen LogP contribution in [0.3, 0.4) is 0 Å². The summed E-state index contributed by atoms with van der Waals surface area (Å²) in [5, 5.41) is 9.15. The van der Waals surface area contributed by atoms with Gasteiger partial charge in [-0.05, 0) is 24.4 Å². The predicted molar refractivity (Wildman–Crippen MR) is 65.0 cm³/mol. The molecular weight excluding hydrogens is 258 g/mol. The lowest BCUT2D eigenvalue weighted by atomic mass is 10.2. The van der Waals surface area contributed by atoms with Crippen molar-refractivity contribution in [2.75, 3.05) is 12.3 Å². The third kappa shape index (κ3) is 1.80. The Morgan fingerprint density at radius 2 is 2.33 bits per heavy atom. The summed E-state index contributed by atoms with van der Waals surface area (Å²) in [5.74, 6) is 0.250. The van der Waals surface area contributed by atoms with Crippen molar-refractivity contribution in [1.82, 2.24) is 19.5 Å². The molecule has 0 saturated carbocycles. The van der Waals surface area contributed by atoms with Crippen LogP contribution in [-0.2, 0) is 4.74 Å². The first-order valence-corrected chi connectivity index (χ1v) is 5.98. The molecule has 0 amide bonds. The van der Waals surface area contributed by atoms with Gasteiger partial charge in [0.25, 0.3) is 0 Å². The average Bonchev–Trinajstić information content (AvgIpc) is 2.93. The largest absolute Gasteiger partial charge is 0.394 e. The van der Waals surface area contributed by atoms with Gasteiger partial charge < -0.3 is 15.6 Å². The Morgan fingerprint density at radius 1 is 1.50 bits per heavy atom. The van der Waals surface area contributed by atoms with Crippen molar-refractivity contribution in [1.29, 1.82) is 0 Å². The van der Waals surface area contributed by atoms with Crippen LogP contribution in [0.2, 0.25) is 5.28 Å². The maximum atomic E-state index is 9.07. The molecule has 2 atom stereocenters. The van der Waals surface area contributed by atoms with Crippen molar-refractivity contribution in [3.05, 3.63) is 11.6 Å². The van der Waals surface area contributed by atoms with Crippen molar-refractivity contribution in [3.63, 3.8) is 0 Å². The van der Waals surface area contributed by atoms with Gasteiger partial charge in [0.15, 0.2) is 11.5 Å². The van der Waals surface area contributed by atoms with Crippen molar-refractivity contribution in [3.8, 4) is 0 Å². The first-order chi connectivity index (χ1) is 8.69. The number of fused-ring (bicyclic) bond motifs is 1. The molecule has 0 spiro atoms. The number of ether oxygens (including phenoxy) is 1. The van der Waals surface area contributed by atoms with E-state index in [0.717, 1.165) is 12.8 Å². The number of halogens is 1. The standard InChI is InChI=1S/C10H12ClN5O2/c11-10-14-8(12)7-9(15-10)16(4-13-7)6-2-1-5(3-17)18-6/h4-6,17H,1-3H2,(H2,12,14,15)/t5?,6-/m1/s1. The second kappa shape index (κ2) is 4.34. The SMILES string of the molecule is Nc1nc(Cl)nc2c1ncn2[C@H]1CCC(CO)O1. The van der Waals surface area contributed by atoms with Gasteiger partial charge >= 0.3 is 0 Å². The molecule has 7 nitrogen and oxygen atoms in total. The third-order valence-electron chi connectivity index (χ3n) is 3.02. The number of aliphatic hydroxyl groups is 1. The molecule has 8 heteroatoms. The lowest BCUT2D eigenvalue weighted by Gasteiger charge is -2.13. The van der Waals surface area contributed by atoms with E-state index in [2.05, 4.69) is 15.0 Å². The molecule has 0 bridgehead atoms. The van der Waals surface area contributed by atoms with Gasteiger partial charge in [0, 0.05) is 0 Å². The van der Waals surface area contributed by atoms with E-state index in [0.29, 0.717) is 11.2 Å². The zero-order valence-electron chi connectivity index (χ0n) is 9.45. The molecule has 0 aromatic carbocycles. The van der Waals surface area contributed by atoms with Gasteiger partial charge in [0.2, 0.25) is 5.28 Å². The van der Waals surface area contributed by atoms with E-state index in [1.165, 1.54) is 0 Å². The van der Waals surface area contributed by atoms with E-state index in [4.69, 9.17) is 27.2 Å². The normalized spacial score (nSPS) is 23.9. The fourth-order valence-corrected chi connectivity index (χ4v) is 2.32. The highest BCUT2D eigenvalue weighted by atomic mass is 35.5. The minimum atomic E-state index is -0.197. The van der Waals surface area contributed by atoms with Crippen LogP contribution in [0.15, 0.2) is 6.33 Å². The number of rotatable bonds is 2. The quantitative estimate of drug-likeness (QED) is 0.780. The van der Waals surface area contributed by atoms with Crippen LogP contribution in [0.25, 0.3) is 11.2 Å². The smallest absolute Gasteiger partial charge is 0.226 e. The lowest BCUT2D eigenvalue weighted by Crippen LogP contribution is -2.14. The summed E-state index contributed by atoms with van der Waals surface area (Å²) in [7, 11) is 0. The number of aromatic nitrogens is 4. The summed E-state index contributed by atoms with van der Waals surface area (Å²) < 4.78 is 7.44. The van der Waals surface area contributed by atoms with Gasteiger partial charge in [-0.25, -0.2) is 4.98 Å². The van der Waals surface area contributed by atoms with Gasteiger partial charge in [0.05, 0.1) is 19.0 Å². The molecule has 0 aliphatic carbocycles. The molecule has 18 heavy (non-hydrogen) atoms. The van der Waals surface area contributed by atoms with Crippen LogP contribution >= 0.6 is 11.6 Å². The predicted octanol–water partition coefficient (Wildman–Crippen LogP) is 0.732. The van der Waals surface area contributed by atoms with Crippen LogP contribution in [0, 0.1) is 0 Å². The maximum Gasteiger partial charge on any atom is 0.226 e. The first-order valence-electron chi connectivity index (χ1n) is 5.61. The molecule has 96 valence electrons. The number of nitrogens with two attached hydrogens (primary N) is 1. The number of hydrogen-bond acceptors (Lipinski definition) is 6. The summed E-state index contributed by atoms with van der Waals surface area (Å²) in [6.45, 7) is 0.0149. The Hall–Kier alpha value is -1.44. The van der Waals surface area contributed by atoms with E-state index in [-0.39, 0.29) is 30.0 Å². The Balaban J connectivity index is 2.03. The van der Waals surface area contributed by atoms with E-state index in [1.807, 2.05) is 0 Å². The van der Waals surface area contributed by atoms with E-state index >= 15 is 0 Å². The number of nitrogen functional groups attached to an aromatic ring is 1. The number of anilines is 1. The molecule has 1 saturated heterocycles. The molecular formula is C10H12ClN5O2. The van der Waals surface area contributed by atoms with Crippen molar-refractivity contribution in [2.24, 2.45) is 0 Å². The van der Waals surface area contributed by atoms with Crippen LogP contribution in [0.1, 0.15) is 19.1 Å². The summed E-state index contributed by atoms with van der Waals surface area (Å²) in [6.07, 6.45) is 2.86. The van der Waals surface area contributed by atoms with Crippen molar-refractivity contribution >= 4 is 28.6 Å². The monoisotopic (exact) mass is 269 g/mol. The lowest BCUT2D eigenvalue weighted by molar-refractivity contribution is -0.0207. The van der Waals surface area contributed by atoms with E-state index in [1.54, 1.807) is 10.9 Å². The van der Waals surface area contributed by atoms with Crippen LogP contribution in [0.4, 0.5) is 5.82 Å². The fourth-order valence-electron chi connectivity index (χ4n) is 2.15. The minimum absolute atomic E-state index is 0.0149. The average molecular weight is 270 g/mol. The summed E-state index contributed by atoms with van der Waals surface area (Å²) in [4.78, 5) is 12.1. The zero-order valence-corrected chi connectivity index (χ0v) is 10.2. The zero-order chi connectivity index (χ0) is 12.7. The van der Waals surface area contributed by atoms with Crippen molar-refractivity contribution in [2.45, 2.75) is 25.2 Å². The van der Waals surface area contributed by atoms with Crippen LogP contribution in [-0.4, -0.2) is 37.3 Å². The molecule has 2 aromatic heterocycles. The van der Waals surface area contributed by atoms with Gasteiger partial charge in [-0.1, -0.05) is 0 Å². The van der Waals surface area contributed by atoms with Gasteiger partial charge in [-0.15, -0.1) is 0 Å². The molecule has 3 N–H and O–H groups in total. The Morgan fingerprint density at radius 3 is 3.06 bits per heavy atom. The van der Waals surface area contributed by atoms with Gasteiger partial charge in [-0.3, -0.25) is 4.57 Å². The highest BCUT2D eigenvalue weighted by Crippen LogP contribution is 2.31. The van der Waals surface area contributed by atoms with E-state index < -0.39 is 0 Å². The molecule has 3 rings (SSSR count). The summed E-state index contributed by atoms with van der Waals surface area (Å²) in [5.41, 5.74) is 6.79. The first kappa shape index (κ1) is 11.6. The Kier molecular flexibility index (Phi) is 2.81. The summed E-state index contributed by atoms with van der Waals surface area (Å²) >= 11 is 5.79. The van der Waals surface area contributed by atoms with Crippen LogP contribution in [0.5, 0.6) is 0 Å². The summed E-state index contributed by atoms with van der Waals surface area (Å²) in [6, 6.07) is 0.